The lowest BCUT2D eigenvalue weighted by atomic mass is 10.1. The molecule has 0 spiro atoms. The Morgan fingerprint density at radius 3 is 2.96 bits per heavy atom. The van der Waals surface area contributed by atoms with Crippen LogP contribution in [0.3, 0.4) is 0 Å². The van der Waals surface area contributed by atoms with E-state index in [2.05, 4.69) is 49.3 Å². The van der Waals surface area contributed by atoms with Gasteiger partial charge in [0.05, 0.1) is 18.3 Å². The number of rotatable bonds is 6. The largest absolute Gasteiger partial charge is 0.376 e. The number of nitrogens with zero attached hydrogens (tertiary/aromatic N) is 4. The molecule has 0 bridgehead atoms. The summed E-state index contributed by atoms with van der Waals surface area (Å²) in [6, 6.07) is 0. The van der Waals surface area contributed by atoms with Gasteiger partial charge in [-0.3, -0.25) is 9.67 Å². The highest BCUT2D eigenvalue weighted by Gasteiger charge is 2.17. The number of guanidine groups is 1. The molecule has 6 heteroatoms. The van der Waals surface area contributed by atoms with Crippen molar-refractivity contribution in [1.82, 2.24) is 20.0 Å². The maximum Gasteiger partial charge on any atom is 0.194 e. The van der Waals surface area contributed by atoms with E-state index in [9.17, 15) is 0 Å². The van der Waals surface area contributed by atoms with Gasteiger partial charge in [-0.15, -0.1) is 0 Å². The van der Waals surface area contributed by atoms with Crippen molar-refractivity contribution in [1.29, 1.82) is 0 Å². The topological polar surface area (TPSA) is 54.7 Å². The third-order valence-electron chi connectivity index (χ3n) is 4.06. The van der Waals surface area contributed by atoms with Gasteiger partial charge < -0.3 is 15.0 Å². The third kappa shape index (κ3) is 4.96. The molecule has 1 atom stereocenters. The molecule has 0 amide bonds. The third-order valence-corrected chi connectivity index (χ3v) is 4.06. The Morgan fingerprint density at radius 2 is 2.35 bits per heavy atom. The van der Waals surface area contributed by atoms with Crippen LogP contribution in [0.1, 0.15) is 50.8 Å². The zero-order chi connectivity index (χ0) is 16.8. The standard InChI is InChI=1S/C17H31N5O/c1-6-18-17(19-10-15-8-7-9-23-15)21(4)11-14-12-22(5)20-16(14)13(2)3/h12-13,15H,6-11H2,1-5H3,(H,18,19). The molecule has 1 aliphatic heterocycles. The lowest BCUT2D eigenvalue weighted by Gasteiger charge is -2.23. The first kappa shape index (κ1) is 17.8. The molecule has 0 aliphatic carbocycles. The Bertz CT molecular complexity index is 517. The first-order valence-corrected chi connectivity index (χ1v) is 8.64. The van der Waals surface area contributed by atoms with Gasteiger partial charge in [-0.1, -0.05) is 13.8 Å². The summed E-state index contributed by atoms with van der Waals surface area (Å²) in [4.78, 5) is 6.92. The summed E-state index contributed by atoms with van der Waals surface area (Å²) in [5.74, 6) is 1.35. The molecular formula is C17H31N5O. The van der Waals surface area contributed by atoms with Crippen LogP contribution in [0.25, 0.3) is 0 Å². The van der Waals surface area contributed by atoms with Crippen molar-refractivity contribution in [3.63, 3.8) is 0 Å². The van der Waals surface area contributed by atoms with Crippen molar-refractivity contribution < 1.29 is 4.74 Å². The van der Waals surface area contributed by atoms with E-state index in [-0.39, 0.29) is 6.10 Å². The van der Waals surface area contributed by atoms with Gasteiger partial charge in [0.2, 0.25) is 0 Å². The van der Waals surface area contributed by atoms with Crippen LogP contribution in [0.15, 0.2) is 11.2 Å². The Labute approximate surface area is 139 Å². The number of aryl methyl sites for hydroxylation is 1. The molecule has 1 unspecified atom stereocenters. The molecule has 1 aromatic heterocycles. The van der Waals surface area contributed by atoms with E-state index in [4.69, 9.17) is 9.73 Å². The molecule has 0 saturated carbocycles. The van der Waals surface area contributed by atoms with Gasteiger partial charge in [0, 0.05) is 45.6 Å². The number of hydrogen-bond acceptors (Lipinski definition) is 3. The molecule has 1 aromatic rings. The van der Waals surface area contributed by atoms with Crippen LogP contribution in [0.4, 0.5) is 0 Å². The zero-order valence-electron chi connectivity index (χ0n) is 15.2. The van der Waals surface area contributed by atoms with Crippen molar-refractivity contribution in [2.45, 2.75) is 52.2 Å². The van der Waals surface area contributed by atoms with Crippen molar-refractivity contribution in [3.8, 4) is 0 Å². The lowest BCUT2D eigenvalue weighted by Crippen LogP contribution is -2.39. The van der Waals surface area contributed by atoms with Gasteiger partial charge >= 0.3 is 0 Å². The summed E-state index contributed by atoms with van der Waals surface area (Å²) in [6.45, 7) is 9.73. The van der Waals surface area contributed by atoms with Crippen LogP contribution < -0.4 is 5.32 Å². The molecule has 6 nitrogen and oxygen atoms in total. The molecule has 1 saturated heterocycles. The molecule has 1 fully saturated rings. The zero-order valence-corrected chi connectivity index (χ0v) is 15.2. The van der Waals surface area contributed by atoms with Crippen molar-refractivity contribution >= 4 is 5.96 Å². The minimum absolute atomic E-state index is 0.279. The highest BCUT2D eigenvalue weighted by atomic mass is 16.5. The van der Waals surface area contributed by atoms with Gasteiger partial charge in [0.25, 0.3) is 0 Å². The normalized spacial score (nSPS) is 18.7. The molecule has 130 valence electrons. The summed E-state index contributed by atoms with van der Waals surface area (Å²) in [5.41, 5.74) is 2.42. The minimum Gasteiger partial charge on any atom is -0.376 e. The monoisotopic (exact) mass is 321 g/mol. The first-order chi connectivity index (χ1) is 11.0. The van der Waals surface area contributed by atoms with E-state index in [0.29, 0.717) is 5.92 Å². The molecule has 0 aromatic carbocycles. The van der Waals surface area contributed by atoms with E-state index in [1.54, 1.807) is 0 Å². The fourth-order valence-electron chi connectivity index (χ4n) is 2.94. The second-order valence-corrected chi connectivity index (χ2v) is 6.55. The molecule has 23 heavy (non-hydrogen) atoms. The van der Waals surface area contributed by atoms with E-state index in [1.165, 1.54) is 5.56 Å². The predicted molar refractivity (Wildman–Crippen MR) is 93.7 cm³/mol. The summed E-state index contributed by atoms with van der Waals surface area (Å²) in [6.07, 6.45) is 4.66. The van der Waals surface area contributed by atoms with Gasteiger partial charge in [0.15, 0.2) is 5.96 Å². The minimum atomic E-state index is 0.279. The highest BCUT2D eigenvalue weighted by Crippen LogP contribution is 2.18. The van der Waals surface area contributed by atoms with Crippen LogP contribution in [0.5, 0.6) is 0 Å². The SMILES string of the molecule is CCNC(=NCC1CCCO1)N(C)Cc1cn(C)nc1C(C)C. The van der Waals surface area contributed by atoms with Gasteiger partial charge in [-0.2, -0.15) is 5.10 Å². The molecule has 1 aliphatic rings. The molecule has 2 heterocycles. The Balaban J connectivity index is 2.05. The van der Waals surface area contributed by atoms with Crippen LogP contribution in [-0.4, -0.2) is 53.5 Å². The summed E-state index contributed by atoms with van der Waals surface area (Å²) < 4.78 is 7.56. The van der Waals surface area contributed by atoms with E-state index in [1.807, 2.05) is 11.7 Å². The van der Waals surface area contributed by atoms with Gasteiger partial charge in [-0.25, -0.2) is 0 Å². The Hall–Kier alpha value is -1.56. The highest BCUT2D eigenvalue weighted by molar-refractivity contribution is 5.79. The predicted octanol–water partition coefficient (Wildman–Crippen LogP) is 2.12. The Kier molecular flexibility index (Phi) is 6.45. The molecule has 1 N–H and O–H groups in total. The van der Waals surface area contributed by atoms with Gasteiger partial charge in [0.1, 0.15) is 0 Å². The fourth-order valence-corrected chi connectivity index (χ4v) is 2.94. The van der Waals surface area contributed by atoms with Gasteiger partial charge in [-0.05, 0) is 25.7 Å². The maximum atomic E-state index is 5.67. The number of aromatic nitrogens is 2. The van der Waals surface area contributed by atoms with Crippen LogP contribution in [0, 0.1) is 0 Å². The molecular weight excluding hydrogens is 290 g/mol. The lowest BCUT2D eigenvalue weighted by molar-refractivity contribution is 0.117. The number of nitrogens with one attached hydrogen (secondary N) is 1. The van der Waals surface area contributed by atoms with E-state index >= 15 is 0 Å². The second-order valence-electron chi connectivity index (χ2n) is 6.55. The fraction of sp³-hybridized carbons (Fsp3) is 0.765. The first-order valence-electron chi connectivity index (χ1n) is 8.64. The summed E-state index contributed by atoms with van der Waals surface area (Å²) in [5, 5.41) is 7.96. The van der Waals surface area contributed by atoms with Crippen LogP contribution in [0.2, 0.25) is 0 Å². The second kappa shape index (κ2) is 8.34. The quantitative estimate of drug-likeness (QED) is 0.644. The average Bonchev–Trinajstić information content (AvgIpc) is 3.13. The summed E-state index contributed by atoms with van der Waals surface area (Å²) >= 11 is 0. The maximum absolute atomic E-state index is 5.67. The molecule has 2 rings (SSSR count). The van der Waals surface area contributed by atoms with Crippen molar-refractivity contribution in [2.24, 2.45) is 12.0 Å². The number of hydrogen-bond donors (Lipinski definition) is 1. The van der Waals surface area contributed by atoms with E-state index < -0.39 is 0 Å². The summed E-state index contributed by atoms with van der Waals surface area (Å²) in [7, 11) is 4.06. The smallest absolute Gasteiger partial charge is 0.194 e. The molecule has 0 radical (unpaired) electrons. The van der Waals surface area contributed by atoms with E-state index in [0.717, 1.165) is 50.7 Å². The van der Waals surface area contributed by atoms with Crippen LogP contribution in [-0.2, 0) is 18.3 Å². The average molecular weight is 321 g/mol. The van der Waals surface area contributed by atoms with Crippen molar-refractivity contribution in [2.75, 3.05) is 26.7 Å². The number of aliphatic imine (C=N–C) groups is 1. The Morgan fingerprint density at radius 1 is 1.57 bits per heavy atom. The van der Waals surface area contributed by atoms with Crippen LogP contribution >= 0.6 is 0 Å². The van der Waals surface area contributed by atoms with Crippen molar-refractivity contribution in [3.05, 3.63) is 17.5 Å². The number of ether oxygens (including phenoxy) is 1.